The molecule has 0 aromatic heterocycles. The molecule has 22 heavy (non-hydrogen) atoms. The van der Waals surface area contributed by atoms with Gasteiger partial charge < -0.3 is 19.9 Å². The Kier molecular flexibility index (Phi) is 5.83. The fourth-order valence-corrected chi connectivity index (χ4v) is 3.04. The highest BCUT2D eigenvalue weighted by molar-refractivity contribution is 5.85. The quantitative estimate of drug-likeness (QED) is 0.472. The minimum absolute atomic E-state index is 0.0119. The van der Waals surface area contributed by atoms with E-state index >= 15 is 0 Å². The van der Waals surface area contributed by atoms with Crippen molar-refractivity contribution in [2.75, 3.05) is 53.5 Å². The molecule has 1 N–H and O–H groups in total. The number of carbonyl (C=O) groups is 1. The van der Waals surface area contributed by atoms with Gasteiger partial charge in [0.25, 0.3) is 0 Å². The third kappa shape index (κ3) is 4.22. The van der Waals surface area contributed by atoms with E-state index in [0.717, 1.165) is 45.1 Å². The van der Waals surface area contributed by atoms with Crippen molar-refractivity contribution < 1.29 is 9.53 Å². The van der Waals surface area contributed by atoms with Gasteiger partial charge in [0.2, 0.25) is 5.91 Å². The van der Waals surface area contributed by atoms with Gasteiger partial charge in [-0.05, 0) is 24.7 Å². The van der Waals surface area contributed by atoms with E-state index in [2.05, 4.69) is 21.8 Å². The minimum atomic E-state index is 0.0119. The molecule has 124 valence electrons. The van der Waals surface area contributed by atoms with Crippen LogP contribution in [0.15, 0.2) is 17.6 Å². The van der Waals surface area contributed by atoms with Crippen molar-refractivity contribution >= 4 is 11.9 Å². The second-order valence-corrected chi connectivity index (χ2v) is 6.38. The number of aliphatic imine (C=N–C) groups is 1. The molecule has 1 spiro atoms. The van der Waals surface area contributed by atoms with Crippen LogP contribution in [0.2, 0.25) is 0 Å². The molecule has 0 aliphatic carbocycles. The first kappa shape index (κ1) is 16.8. The molecule has 2 aliphatic rings. The SMILES string of the molecule is C=CCNC(=NCC(=O)N(C)C)N1CCC2(CCOCC2)C1. The van der Waals surface area contributed by atoms with Gasteiger partial charge in [0, 0.05) is 46.9 Å². The summed E-state index contributed by atoms with van der Waals surface area (Å²) in [7, 11) is 3.50. The van der Waals surface area contributed by atoms with Gasteiger partial charge in [-0.25, -0.2) is 4.99 Å². The van der Waals surface area contributed by atoms with Crippen LogP contribution in [-0.2, 0) is 9.53 Å². The molecule has 6 nitrogen and oxygen atoms in total. The van der Waals surface area contributed by atoms with Crippen LogP contribution in [-0.4, -0.2) is 75.2 Å². The van der Waals surface area contributed by atoms with Crippen molar-refractivity contribution in [2.45, 2.75) is 19.3 Å². The Labute approximate surface area is 133 Å². The van der Waals surface area contributed by atoms with Crippen molar-refractivity contribution in [2.24, 2.45) is 10.4 Å². The summed E-state index contributed by atoms with van der Waals surface area (Å²) >= 11 is 0. The number of amides is 1. The van der Waals surface area contributed by atoms with Gasteiger partial charge in [0.15, 0.2) is 5.96 Å². The summed E-state index contributed by atoms with van der Waals surface area (Å²) in [4.78, 5) is 20.1. The van der Waals surface area contributed by atoms with Gasteiger partial charge in [-0.1, -0.05) is 6.08 Å². The van der Waals surface area contributed by atoms with E-state index in [1.807, 2.05) is 6.08 Å². The van der Waals surface area contributed by atoms with Crippen LogP contribution in [0.5, 0.6) is 0 Å². The van der Waals surface area contributed by atoms with Gasteiger partial charge in [0.1, 0.15) is 6.54 Å². The number of hydrogen-bond donors (Lipinski definition) is 1. The fraction of sp³-hybridized carbons (Fsp3) is 0.750. The maximum atomic E-state index is 11.8. The van der Waals surface area contributed by atoms with Crippen molar-refractivity contribution in [3.05, 3.63) is 12.7 Å². The first-order valence-electron chi connectivity index (χ1n) is 7.98. The summed E-state index contributed by atoms with van der Waals surface area (Å²) in [5.74, 6) is 0.830. The molecule has 1 amide bonds. The first-order chi connectivity index (χ1) is 10.6. The number of carbonyl (C=O) groups excluding carboxylic acids is 1. The number of nitrogens with one attached hydrogen (secondary N) is 1. The standard InChI is InChI=1S/C16H28N4O2/c1-4-8-17-15(18-12-14(21)19(2)3)20-9-5-16(13-20)6-10-22-11-7-16/h4H,1,5-13H2,2-3H3,(H,17,18). The molecule has 0 atom stereocenters. The molecule has 0 unspecified atom stereocenters. The van der Waals surface area contributed by atoms with Gasteiger partial charge in [-0.2, -0.15) is 0 Å². The lowest BCUT2D eigenvalue weighted by Crippen LogP contribution is -2.43. The van der Waals surface area contributed by atoms with Crippen LogP contribution in [0.4, 0.5) is 0 Å². The Morgan fingerprint density at radius 1 is 1.41 bits per heavy atom. The van der Waals surface area contributed by atoms with Crippen molar-refractivity contribution in [3.63, 3.8) is 0 Å². The van der Waals surface area contributed by atoms with E-state index in [0.29, 0.717) is 12.0 Å². The number of likely N-dealkylation sites (tertiary alicyclic amines) is 1. The molecule has 0 aromatic rings. The normalized spacial score (nSPS) is 21.0. The second kappa shape index (κ2) is 7.63. The topological polar surface area (TPSA) is 57.2 Å². The summed E-state index contributed by atoms with van der Waals surface area (Å²) in [6.45, 7) is 8.27. The lowest BCUT2D eigenvalue weighted by molar-refractivity contribution is -0.127. The maximum absolute atomic E-state index is 11.8. The molecule has 2 saturated heterocycles. The van der Waals surface area contributed by atoms with Gasteiger partial charge >= 0.3 is 0 Å². The zero-order valence-electron chi connectivity index (χ0n) is 13.8. The van der Waals surface area contributed by atoms with Crippen molar-refractivity contribution in [3.8, 4) is 0 Å². The average Bonchev–Trinajstić information content (AvgIpc) is 2.91. The molecule has 2 aliphatic heterocycles. The highest BCUT2D eigenvalue weighted by Gasteiger charge is 2.40. The van der Waals surface area contributed by atoms with Gasteiger partial charge in [-0.3, -0.25) is 4.79 Å². The third-order valence-electron chi connectivity index (χ3n) is 4.56. The van der Waals surface area contributed by atoms with Gasteiger partial charge in [0.05, 0.1) is 0 Å². The van der Waals surface area contributed by atoms with Crippen molar-refractivity contribution in [1.29, 1.82) is 0 Å². The molecular weight excluding hydrogens is 280 g/mol. The molecule has 2 rings (SSSR count). The molecule has 0 saturated carbocycles. The molecular formula is C16H28N4O2. The number of guanidine groups is 1. The maximum Gasteiger partial charge on any atom is 0.243 e. The van der Waals surface area contributed by atoms with E-state index in [4.69, 9.17) is 4.74 Å². The first-order valence-corrected chi connectivity index (χ1v) is 7.98. The highest BCUT2D eigenvalue weighted by atomic mass is 16.5. The summed E-state index contributed by atoms with van der Waals surface area (Å²) in [6, 6.07) is 0. The summed E-state index contributed by atoms with van der Waals surface area (Å²) in [5.41, 5.74) is 0.362. The second-order valence-electron chi connectivity index (χ2n) is 6.38. The number of ether oxygens (including phenoxy) is 1. The van der Waals surface area contributed by atoms with Crippen LogP contribution < -0.4 is 5.32 Å². The van der Waals surface area contributed by atoms with Crippen molar-refractivity contribution in [1.82, 2.24) is 15.1 Å². The molecule has 0 aromatic carbocycles. The largest absolute Gasteiger partial charge is 0.381 e. The zero-order valence-corrected chi connectivity index (χ0v) is 13.8. The Balaban J connectivity index is 2.01. The molecule has 0 radical (unpaired) electrons. The Morgan fingerprint density at radius 2 is 2.14 bits per heavy atom. The summed E-state index contributed by atoms with van der Waals surface area (Å²) in [6.07, 6.45) is 5.22. The fourth-order valence-electron chi connectivity index (χ4n) is 3.04. The van der Waals surface area contributed by atoms with Crippen LogP contribution in [0, 0.1) is 5.41 Å². The zero-order chi connectivity index (χ0) is 16.0. The van der Waals surface area contributed by atoms with E-state index < -0.39 is 0 Å². The Bertz CT molecular complexity index is 428. The third-order valence-corrected chi connectivity index (χ3v) is 4.56. The predicted molar refractivity (Wildman–Crippen MR) is 87.9 cm³/mol. The van der Waals surface area contributed by atoms with E-state index in [1.165, 1.54) is 6.42 Å². The van der Waals surface area contributed by atoms with Crippen LogP contribution in [0.25, 0.3) is 0 Å². The number of rotatable bonds is 4. The monoisotopic (exact) mass is 308 g/mol. The van der Waals surface area contributed by atoms with E-state index in [-0.39, 0.29) is 12.5 Å². The smallest absolute Gasteiger partial charge is 0.243 e. The van der Waals surface area contributed by atoms with Crippen LogP contribution >= 0.6 is 0 Å². The molecule has 0 bridgehead atoms. The average molecular weight is 308 g/mol. The lowest BCUT2D eigenvalue weighted by atomic mass is 9.80. The highest BCUT2D eigenvalue weighted by Crippen LogP contribution is 2.39. The molecule has 6 heteroatoms. The van der Waals surface area contributed by atoms with E-state index in [9.17, 15) is 4.79 Å². The summed E-state index contributed by atoms with van der Waals surface area (Å²) < 4.78 is 5.49. The van der Waals surface area contributed by atoms with E-state index in [1.54, 1.807) is 19.0 Å². The Morgan fingerprint density at radius 3 is 2.77 bits per heavy atom. The van der Waals surface area contributed by atoms with Crippen LogP contribution in [0.3, 0.4) is 0 Å². The number of hydrogen-bond acceptors (Lipinski definition) is 3. The van der Waals surface area contributed by atoms with Crippen LogP contribution in [0.1, 0.15) is 19.3 Å². The van der Waals surface area contributed by atoms with Gasteiger partial charge in [-0.15, -0.1) is 6.58 Å². The number of likely N-dealkylation sites (N-methyl/N-ethyl adjacent to an activating group) is 1. The summed E-state index contributed by atoms with van der Waals surface area (Å²) in [5, 5.41) is 3.28. The minimum Gasteiger partial charge on any atom is -0.381 e. The molecule has 2 heterocycles. The lowest BCUT2D eigenvalue weighted by Gasteiger charge is -2.33. The Hall–Kier alpha value is -1.56. The molecule has 2 fully saturated rings. The number of nitrogens with zero attached hydrogens (tertiary/aromatic N) is 3. The predicted octanol–water partition coefficient (Wildman–Crippen LogP) is 0.709.